The number of hydrogen-bond donors (Lipinski definition) is 0. The smallest absolute Gasteiger partial charge is 1.00 e. The average molecular weight is 356 g/mol. The second-order valence-electron chi connectivity index (χ2n) is 3.66. The molecule has 3 rings (SSSR count). The summed E-state index contributed by atoms with van der Waals surface area (Å²) in [5.74, 6) is 0. The molecule has 0 aromatic heterocycles. The van der Waals surface area contributed by atoms with Crippen LogP contribution < -0.4 is 24.8 Å². The van der Waals surface area contributed by atoms with Gasteiger partial charge in [0, 0.05) is 0 Å². The van der Waals surface area contributed by atoms with E-state index in [1.807, 2.05) is 12.2 Å². The maximum absolute atomic E-state index is 2.99. The van der Waals surface area contributed by atoms with Crippen LogP contribution in [-0.2, 0) is 26.2 Å². The van der Waals surface area contributed by atoms with Gasteiger partial charge in [-0.1, -0.05) is 13.0 Å². The first kappa shape index (κ1) is 20.1. The molecule has 1 aliphatic rings. The van der Waals surface area contributed by atoms with Crippen LogP contribution in [0.25, 0.3) is 10.8 Å². The van der Waals surface area contributed by atoms with Crippen molar-refractivity contribution in [2.75, 3.05) is 0 Å². The number of halogens is 2. The molecule has 1 aliphatic carbocycles. The van der Waals surface area contributed by atoms with Crippen LogP contribution in [0.4, 0.5) is 0 Å². The van der Waals surface area contributed by atoms with Gasteiger partial charge in [0.2, 0.25) is 0 Å². The Kier molecular flexibility index (Phi) is 11.9. The molecule has 0 N–H and O–H groups in total. The molecule has 18 heavy (non-hydrogen) atoms. The molecule has 3 heteroatoms. The summed E-state index contributed by atoms with van der Waals surface area (Å²) in [6.07, 6.45) is 10.0. The topological polar surface area (TPSA) is 0 Å². The number of rotatable bonds is 0. The van der Waals surface area contributed by atoms with Crippen LogP contribution in [0, 0.1) is 13.0 Å². The van der Waals surface area contributed by atoms with Crippen molar-refractivity contribution >= 4 is 10.8 Å². The molecule has 0 saturated carbocycles. The van der Waals surface area contributed by atoms with Crippen molar-refractivity contribution in [3.05, 3.63) is 66.3 Å². The van der Waals surface area contributed by atoms with Gasteiger partial charge < -0.3 is 24.8 Å². The van der Waals surface area contributed by atoms with E-state index >= 15 is 0 Å². The summed E-state index contributed by atoms with van der Waals surface area (Å²) in [6.45, 7) is 2.12. The largest absolute Gasteiger partial charge is 4.00 e. The first-order chi connectivity index (χ1) is 7.36. The molecule has 0 nitrogen and oxygen atoms in total. The van der Waals surface area contributed by atoms with Gasteiger partial charge >= 0.3 is 26.2 Å². The number of aryl methyl sites for hydroxylation is 1. The van der Waals surface area contributed by atoms with Crippen LogP contribution in [0.3, 0.4) is 0 Å². The van der Waals surface area contributed by atoms with Gasteiger partial charge in [0.15, 0.2) is 0 Å². The van der Waals surface area contributed by atoms with E-state index in [0.29, 0.717) is 0 Å². The Labute approximate surface area is 140 Å². The number of benzene rings is 1. The molecule has 0 unspecified atom stereocenters. The molecule has 0 radical (unpaired) electrons. The van der Waals surface area contributed by atoms with Crippen molar-refractivity contribution in [3.8, 4) is 0 Å². The predicted octanol–water partition coefficient (Wildman–Crippen LogP) is -1.82. The van der Waals surface area contributed by atoms with Gasteiger partial charge in [-0.2, -0.15) is 12.1 Å². The zero-order chi connectivity index (χ0) is 10.5. The Balaban J connectivity index is 0. The maximum Gasteiger partial charge on any atom is 4.00 e. The Hall–Kier alpha value is -0.227. The SMILES string of the molecule is Cc1cc2ccccc2[cH-]1.[C-]1=CC=CC1.[Cl-].[Cl-].[Zr+4]. The van der Waals surface area contributed by atoms with Crippen LogP contribution in [-0.4, -0.2) is 0 Å². The second-order valence-corrected chi connectivity index (χ2v) is 3.66. The van der Waals surface area contributed by atoms with Gasteiger partial charge in [0.25, 0.3) is 0 Å². The summed E-state index contributed by atoms with van der Waals surface area (Å²) >= 11 is 0. The Morgan fingerprint density at radius 3 is 2.39 bits per heavy atom. The van der Waals surface area contributed by atoms with E-state index in [4.69, 9.17) is 0 Å². The third-order valence-corrected chi connectivity index (χ3v) is 2.35. The second kappa shape index (κ2) is 10.7. The fraction of sp³-hybridized carbons (Fsp3) is 0.133. The molecule has 0 atom stereocenters. The van der Waals surface area contributed by atoms with Crippen molar-refractivity contribution in [1.82, 2.24) is 0 Å². The van der Waals surface area contributed by atoms with Crippen LogP contribution in [0.2, 0.25) is 0 Å². The third kappa shape index (κ3) is 6.09. The minimum atomic E-state index is 0. The Morgan fingerprint density at radius 2 is 1.89 bits per heavy atom. The normalized spacial score (nSPS) is 10.7. The summed E-state index contributed by atoms with van der Waals surface area (Å²) in [7, 11) is 0. The van der Waals surface area contributed by atoms with Gasteiger partial charge in [-0.25, -0.2) is 12.2 Å². The number of allylic oxidation sites excluding steroid dienone is 4. The first-order valence-electron chi connectivity index (χ1n) is 5.20. The molecular formula is C15H14Cl2Zr. The minimum Gasteiger partial charge on any atom is -1.00 e. The average Bonchev–Trinajstić information content (AvgIpc) is 2.87. The Morgan fingerprint density at radius 1 is 1.17 bits per heavy atom. The standard InChI is InChI=1S/C10H9.C5H5.2ClH.Zr/c1-8-6-9-4-2-3-5-10(9)7-8;1-2-4-5-3-1;;;/h2-7H,1H3;1-3H,4H2;2*1H;/q2*-1;;;+4/p-2. The molecule has 2 aromatic rings. The zero-order valence-corrected chi connectivity index (χ0v) is 14.1. The Bertz CT molecular complexity index is 455. The molecule has 0 saturated heterocycles. The van der Waals surface area contributed by atoms with Crippen molar-refractivity contribution in [2.45, 2.75) is 13.3 Å². The van der Waals surface area contributed by atoms with Crippen molar-refractivity contribution in [3.63, 3.8) is 0 Å². The van der Waals surface area contributed by atoms with Gasteiger partial charge in [-0.3, -0.25) is 6.08 Å². The van der Waals surface area contributed by atoms with Gasteiger partial charge in [0.1, 0.15) is 0 Å². The summed E-state index contributed by atoms with van der Waals surface area (Å²) < 4.78 is 0. The van der Waals surface area contributed by atoms with E-state index in [9.17, 15) is 0 Å². The quantitative estimate of drug-likeness (QED) is 0.488. The first-order valence-corrected chi connectivity index (χ1v) is 5.20. The fourth-order valence-electron chi connectivity index (χ4n) is 1.65. The summed E-state index contributed by atoms with van der Waals surface area (Å²) in [6, 6.07) is 12.8. The summed E-state index contributed by atoms with van der Waals surface area (Å²) in [5.41, 5.74) is 1.35. The zero-order valence-electron chi connectivity index (χ0n) is 10.2. The third-order valence-electron chi connectivity index (χ3n) is 2.35. The van der Waals surface area contributed by atoms with Gasteiger partial charge in [0.05, 0.1) is 0 Å². The fourth-order valence-corrected chi connectivity index (χ4v) is 1.65. The predicted molar refractivity (Wildman–Crippen MR) is 65.8 cm³/mol. The molecule has 0 aliphatic heterocycles. The van der Waals surface area contributed by atoms with E-state index in [1.165, 1.54) is 16.3 Å². The van der Waals surface area contributed by atoms with Crippen molar-refractivity contribution in [2.24, 2.45) is 0 Å². The number of fused-ring (bicyclic) bond motifs is 1. The molecule has 0 amide bonds. The summed E-state index contributed by atoms with van der Waals surface area (Å²) in [4.78, 5) is 0. The van der Waals surface area contributed by atoms with Crippen molar-refractivity contribution < 1.29 is 51.0 Å². The van der Waals surface area contributed by atoms with E-state index < -0.39 is 0 Å². The van der Waals surface area contributed by atoms with Crippen LogP contribution in [0.15, 0.2) is 54.6 Å². The molecule has 0 heterocycles. The monoisotopic (exact) mass is 354 g/mol. The van der Waals surface area contributed by atoms with Crippen LogP contribution in [0.5, 0.6) is 0 Å². The van der Waals surface area contributed by atoms with Crippen molar-refractivity contribution in [1.29, 1.82) is 0 Å². The van der Waals surface area contributed by atoms with Gasteiger partial charge in [-0.05, 0) is 0 Å². The number of hydrogen-bond acceptors (Lipinski definition) is 0. The molecular weight excluding hydrogens is 342 g/mol. The van der Waals surface area contributed by atoms with E-state index in [2.05, 4.69) is 55.5 Å². The molecule has 0 fully saturated rings. The van der Waals surface area contributed by atoms with Gasteiger partial charge in [-0.15, -0.1) is 47.0 Å². The summed E-state index contributed by atoms with van der Waals surface area (Å²) in [5, 5.41) is 2.69. The van der Waals surface area contributed by atoms with Crippen LogP contribution >= 0.6 is 0 Å². The molecule has 0 spiro atoms. The minimum absolute atomic E-state index is 0. The maximum atomic E-state index is 2.99. The molecule has 2 aromatic carbocycles. The van der Waals surface area contributed by atoms with E-state index in [0.717, 1.165) is 6.42 Å². The van der Waals surface area contributed by atoms with E-state index in [-0.39, 0.29) is 51.0 Å². The molecule has 92 valence electrons. The molecule has 0 bridgehead atoms. The van der Waals surface area contributed by atoms with Crippen LogP contribution in [0.1, 0.15) is 12.0 Å². The van der Waals surface area contributed by atoms with E-state index in [1.54, 1.807) is 0 Å².